The Morgan fingerprint density at radius 1 is 1.42 bits per heavy atom. The highest BCUT2D eigenvalue weighted by molar-refractivity contribution is 5.83. The molecular weight excluding hydrogens is 346 g/mol. The van der Waals surface area contributed by atoms with Crippen molar-refractivity contribution in [3.63, 3.8) is 0 Å². The summed E-state index contributed by atoms with van der Waals surface area (Å²) in [6.07, 6.45) is -0.852. The quantitative estimate of drug-likeness (QED) is 0.363. The van der Waals surface area contributed by atoms with E-state index in [2.05, 4.69) is 0 Å². The van der Waals surface area contributed by atoms with Crippen molar-refractivity contribution in [3.05, 3.63) is 28.3 Å². The van der Waals surface area contributed by atoms with Gasteiger partial charge in [0, 0.05) is 25.7 Å². The van der Waals surface area contributed by atoms with Crippen molar-refractivity contribution in [1.82, 2.24) is 4.90 Å². The number of methoxy groups -OCH3 is 1. The highest BCUT2D eigenvalue weighted by Crippen LogP contribution is 2.30. The van der Waals surface area contributed by atoms with Crippen LogP contribution in [-0.4, -0.2) is 55.1 Å². The Morgan fingerprint density at radius 3 is 2.69 bits per heavy atom. The standard InChI is InChI=1S/C16H19N3O7/c1-11(16(21)18(2)8-4-7-17)26-15(20)10-25-12-5-6-13(19(22)23)14(9-12)24-3/h5-6,9,11H,4,8,10H2,1-3H3. The number of carbonyl (C=O) groups excluding carboxylic acids is 2. The third kappa shape index (κ3) is 5.94. The Kier molecular flexibility index (Phi) is 7.82. The van der Waals surface area contributed by atoms with Crippen LogP contribution in [0.2, 0.25) is 0 Å². The molecule has 0 radical (unpaired) electrons. The first kappa shape index (κ1) is 20.7. The Hall–Kier alpha value is -3.35. The second-order valence-corrected chi connectivity index (χ2v) is 5.18. The summed E-state index contributed by atoms with van der Waals surface area (Å²) in [6.45, 7) is 1.16. The molecule has 10 nitrogen and oxygen atoms in total. The van der Waals surface area contributed by atoms with Crippen molar-refractivity contribution in [3.8, 4) is 17.6 Å². The minimum atomic E-state index is -1.03. The lowest BCUT2D eigenvalue weighted by atomic mass is 10.3. The molecule has 0 spiro atoms. The zero-order valence-corrected chi connectivity index (χ0v) is 14.6. The number of nitro groups is 1. The van der Waals surface area contributed by atoms with Gasteiger partial charge in [0.25, 0.3) is 5.91 Å². The second-order valence-electron chi connectivity index (χ2n) is 5.18. The van der Waals surface area contributed by atoms with Crippen LogP contribution in [0.5, 0.6) is 11.5 Å². The molecule has 0 saturated carbocycles. The SMILES string of the molecule is COc1cc(OCC(=O)OC(C)C(=O)N(C)CCC#N)ccc1[N+](=O)[O-]. The van der Waals surface area contributed by atoms with E-state index in [9.17, 15) is 19.7 Å². The van der Waals surface area contributed by atoms with E-state index in [1.54, 1.807) is 0 Å². The maximum absolute atomic E-state index is 12.0. The average molecular weight is 365 g/mol. The predicted molar refractivity (Wildman–Crippen MR) is 88.6 cm³/mol. The number of ether oxygens (including phenoxy) is 3. The summed E-state index contributed by atoms with van der Waals surface area (Å²) >= 11 is 0. The van der Waals surface area contributed by atoms with Crippen molar-refractivity contribution < 1.29 is 28.7 Å². The van der Waals surface area contributed by atoms with Gasteiger partial charge >= 0.3 is 11.7 Å². The molecule has 0 fully saturated rings. The van der Waals surface area contributed by atoms with Gasteiger partial charge in [0.1, 0.15) is 5.75 Å². The van der Waals surface area contributed by atoms with E-state index in [0.29, 0.717) is 0 Å². The molecule has 10 heteroatoms. The van der Waals surface area contributed by atoms with Crippen molar-refractivity contribution >= 4 is 17.6 Å². The summed E-state index contributed by atoms with van der Waals surface area (Å²) in [4.78, 5) is 35.3. The number of hydrogen-bond acceptors (Lipinski definition) is 8. The largest absolute Gasteiger partial charge is 0.490 e. The lowest BCUT2D eigenvalue weighted by Gasteiger charge is -2.20. The normalized spacial score (nSPS) is 11.0. The van der Waals surface area contributed by atoms with E-state index in [-0.39, 0.29) is 30.2 Å². The number of nitrogens with zero attached hydrogens (tertiary/aromatic N) is 3. The van der Waals surface area contributed by atoms with E-state index in [4.69, 9.17) is 19.5 Å². The number of likely N-dealkylation sites (N-methyl/N-ethyl adjacent to an activating group) is 1. The van der Waals surface area contributed by atoms with Gasteiger partial charge in [0.2, 0.25) is 5.75 Å². The van der Waals surface area contributed by atoms with Crippen LogP contribution < -0.4 is 9.47 Å². The Morgan fingerprint density at radius 2 is 2.12 bits per heavy atom. The Bertz CT molecular complexity index is 714. The number of rotatable bonds is 9. The van der Waals surface area contributed by atoms with E-state index in [1.165, 1.54) is 44.2 Å². The third-order valence-corrected chi connectivity index (χ3v) is 3.30. The summed E-state index contributed by atoms with van der Waals surface area (Å²) in [5, 5.41) is 19.3. The third-order valence-electron chi connectivity index (χ3n) is 3.30. The Balaban J connectivity index is 2.57. The number of benzene rings is 1. The molecule has 0 aromatic heterocycles. The molecule has 140 valence electrons. The van der Waals surface area contributed by atoms with Crippen LogP contribution in [0, 0.1) is 21.4 Å². The van der Waals surface area contributed by atoms with Gasteiger partial charge in [-0.1, -0.05) is 0 Å². The lowest BCUT2D eigenvalue weighted by molar-refractivity contribution is -0.385. The fourth-order valence-electron chi connectivity index (χ4n) is 1.96. The van der Waals surface area contributed by atoms with Crippen LogP contribution in [0.25, 0.3) is 0 Å². The van der Waals surface area contributed by atoms with Gasteiger partial charge in [0.05, 0.1) is 24.5 Å². The van der Waals surface area contributed by atoms with Crippen molar-refractivity contribution in [2.45, 2.75) is 19.4 Å². The van der Waals surface area contributed by atoms with Gasteiger partial charge in [-0.15, -0.1) is 0 Å². The first-order valence-electron chi connectivity index (χ1n) is 7.56. The summed E-state index contributed by atoms with van der Waals surface area (Å²) in [5.41, 5.74) is -0.234. The molecule has 26 heavy (non-hydrogen) atoms. The summed E-state index contributed by atoms with van der Waals surface area (Å²) in [6, 6.07) is 5.70. The van der Waals surface area contributed by atoms with E-state index < -0.39 is 29.5 Å². The number of esters is 1. The smallest absolute Gasteiger partial charge is 0.344 e. The van der Waals surface area contributed by atoms with Crippen LogP contribution in [0.3, 0.4) is 0 Å². The first-order valence-corrected chi connectivity index (χ1v) is 7.56. The molecule has 0 heterocycles. The minimum absolute atomic E-state index is 0.0106. The number of hydrogen-bond donors (Lipinski definition) is 0. The van der Waals surface area contributed by atoms with Crippen LogP contribution in [0.15, 0.2) is 18.2 Å². The maximum atomic E-state index is 12.0. The maximum Gasteiger partial charge on any atom is 0.344 e. The molecule has 0 saturated heterocycles. The van der Waals surface area contributed by atoms with E-state index in [1.807, 2.05) is 6.07 Å². The van der Waals surface area contributed by atoms with E-state index in [0.717, 1.165) is 0 Å². The number of carbonyl (C=O) groups is 2. The minimum Gasteiger partial charge on any atom is -0.490 e. The number of nitriles is 1. The topological polar surface area (TPSA) is 132 Å². The predicted octanol–water partition coefficient (Wildman–Crippen LogP) is 1.29. The van der Waals surface area contributed by atoms with Crippen molar-refractivity contribution in [2.24, 2.45) is 0 Å². The van der Waals surface area contributed by atoms with Crippen LogP contribution in [-0.2, 0) is 14.3 Å². The fourth-order valence-corrected chi connectivity index (χ4v) is 1.96. The molecule has 1 aromatic carbocycles. The second kappa shape index (κ2) is 9.83. The molecule has 0 bridgehead atoms. The zero-order chi connectivity index (χ0) is 19.7. The number of nitro benzene ring substituents is 1. The van der Waals surface area contributed by atoms with Gasteiger partial charge in [-0.05, 0) is 13.0 Å². The van der Waals surface area contributed by atoms with Gasteiger partial charge in [-0.2, -0.15) is 5.26 Å². The highest BCUT2D eigenvalue weighted by atomic mass is 16.6. The van der Waals surface area contributed by atoms with Crippen molar-refractivity contribution in [1.29, 1.82) is 5.26 Å². The molecule has 1 amide bonds. The van der Waals surface area contributed by atoms with E-state index >= 15 is 0 Å². The Labute approximate surface area is 150 Å². The van der Waals surface area contributed by atoms with Crippen LogP contribution in [0.1, 0.15) is 13.3 Å². The fraction of sp³-hybridized carbons (Fsp3) is 0.438. The summed E-state index contributed by atoms with van der Waals surface area (Å²) in [7, 11) is 2.78. The van der Waals surface area contributed by atoms with Crippen LogP contribution >= 0.6 is 0 Å². The molecule has 1 unspecified atom stereocenters. The molecular formula is C16H19N3O7. The molecule has 0 aliphatic carbocycles. The number of amides is 1. The van der Waals surface area contributed by atoms with Gasteiger partial charge in [0.15, 0.2) is 12.7 Å². The first-order chi connectivity index (χ1) is 12.3. The van der Waals surface area contributed by atoms with Crippen LogP contribution in [0.4, 0.5) is 5.69 Å². The monoisotopic (exact) mass is 365 g/mol. The molecule has 0 aliphatic heterocycles. The zero-order valence-electron chi connectivity index (χ0n) is 14.6. The van der Waals surface area contributed by atoms with Gasteiger partial charge in [-0.25, -0.2) is 4.79 Å². The summed E-state index contributed by atoms with van der Waals surface area (Å²) < 4.78 is 15.1. The summed E-state index contributed by atoms with van der Waals surface area (Å²) in [5.74, 6) is -1.06. The lowest BCUT2D eigenvalue weighted by Crippen LogP contribution is -2.38. The average Bonchev–Trinajstić information content (AvgIpc) is 2.63. The van der Waals surface area contributed by atoms with Gasteiger partial charge < -0.3 is 19.1 Å². The molecule has 1 rings (SSSR count). The molecule has 1 atom stereocenters. The highest BCUT2D eigenvalue weighted by Gasteiger charge is 2.22. The molecule has 0 aliphatic rings. The van der Waals surface area contributed by atoms with Crippen molar-refractivity contribution in [2.75, 3.05) is 27.3 Å². The van der Waals surface area contributed by atoms with Gasteiger partial charge in [-0.3, -0.25) is 14.9 Å². The molecule has 0 N–H and O–H groups in total. The molecule has 1 aromatic rings.